The van der Waals surface area contributed by atoms with Crippen LogP contribution in [0, 0.1) is 19.8 Å². The van der Waals surface area contributed by atoms with Gasteiger partial charge in [-0.15, -0.1) is 0 Å². The lowest BCUT2D eigenvalue weighted by Gasteiger charge is -2.34. The van der Waals surface area contributed by atoms with Crippen molar-refractivity contribution in [1.29, 1.82) is 0 Å². The Kier molecular flexibility index (Phi) is 4.75. The van der Waals surface area contributed by atoms with Gasteiger partial charge in [0.2, 0.25) is 0 Å². The number of nitrogens with zero attached hydrogens (tertiary/aromatic N) is 1. The van der Waals surface area contributed by atoms with Crippen LogP contribution in [-0.2, 0) is 0 Å². The minimum atomic E-state index is -0.453. The summed E-state index contributed by atoms with van der Waals surface area (Å²) in [6, 6.07) is 15.7. The molecule has 0 unspecified atom stereocenters. The molecule has 1 aromatic heterocycles. The average Bonchev–Trinajstić information content (AvgIpc) is 3.01. The SMILES string of the molecule is Cc1[nH]c2ccc(C(=O)N3CCC([C@@H](O)c4ccccc4)CC3)cc2c1C. The average molecular weight is 362 g/mol. The minimum absolute atomic E-state index is 0.0859. The van der Waals surface area contributed by atoms with Crippen LogP contribution in [0.4, 0.5) is 0 Å². The summed E-state index contributed by atoms with van der Waals surface area (Å²) in [5.41, 5.74) is 5.12. The number of carbonyl (C=O) groups excluding carboxylic acids is 1. The molecule has 2 aromatic carbocycles. The van der Waals surface area contributed by atoms with E-state index >= 15 is 0 Å². The van der Waals surface area contributed by atoms with Gasteiger partial charge in [-0.1, -0.05) is 30.3 Å². The van der Waals surface area contributed by atoms with Crippen LogP contribution in [0.5, 0.6) is 0 Å². The highest BCUT2D eigenvalue weighted by molar-refractivity contribution is 5.99. The summed E-state index contributed by atoms with van der Waals surface area (Å²) in [7, 11) is 0. The van der Waals surface area contributed by atoms with Crippen LogP contribution < -0.4 is 0 Å². The first kappa shape index (κ1) is 17.8. The molecule has 1 aliphatic rings. The number of H-pyrrole nitrogens is 1. The van der Waals surface area contributed by atoms with Crippen molar-refractivity contribution in [3.8, 4) is 0 Å². The topological polar surface area (TPSA) is 56.3 Å². The number of fused-ring (bicyclic) bond motifs is 1. The number of aliphatic hydroxyl groups excluding tert-OH is 1. The maximum Gasteiger partial charge on any atom is 0.253 e. The molecule has 1 aliphatic heterocycles. The van der Waals surface area contributed by atoms with E-state index in [0.717, 1.165) is 40.6 Å². The number of piperidine rings is 1. The number of aryl methyl sites for hydroxylation is 2. The normalized spacial score (nSPS) is 16.6. The number of hydrogen-bond acceptors (Lipinski definition) is 2. The molecule has 0 radical (unpaired) electrons. The summed E-state index contributed by atoms with van der Waals surface area (Å²) in [6.45, 7) is 5.52. The third kappa shape index (κ3) is 3.37. The Morgan fingerprint density at radius 3 is 2.52 bits per heavy atom. The van der Waals surface area contributed by atoms with Gasteiger partial charge in [0.05, 0.1) is 6.10 Å². The summed E-state index contributed by atoms with van der Waals surface area (Å²) in [6.07, 6.45) is 1.20. The van der Waals surface area contributed by atoms with E-state index in [9.17, 15) is 9.90 Å². The first-order valence-corrected chi connectivity index (χ1v) is 9.66. The highest BCUT2D eigenvalue weighted by Gasteiger charge is 2.28. The molecule has 0 saturated carbocycles. The fourth-order valence-electron chi connectivity index (χ4n) is 4.12. The number of rotatable bonds is 3. The summed E-state index contributed by atoms with van der Waals surface area (Å²) in [5, 5.41) is 11.7. The maximum atomic E-state index is 13.0. The van der Waals surface area contributed by atoms with Gasteiger partial charge >= 0.3 is 0 Å². The standard InChI is InChI=1S/C23H26N2O2/c1-15-16(2)24-21-9-8-19(14-20(15)21)23(27)25-12-10-18(11-13-25)22(26)17-6-4-3-5-7-17/h3-9,14,18,22,24,26H,10-13H2,1-2H3/t22-/m0/s1. The van der Waals surface area contributed by atoms with Crippen molar-refractivity contribution in [3.05, 3.63) is 70.9 Å². The van der Waals surface area contributed by atoms with E-state index in [1.165, 1.54) is 5.56 Å². The quantitative estimate of drug-likeness (QED) is 0.727. The van der Waals surface area contributed by atoms with E-state index in [0.29, 0.717) is 13.1 Å². The Morgan fingerprint density at radius 1 is 1.11 bits per heavy atom. The van der Waals surface area contributed by atoms with Gasteiger partial charge in [-0.25, -0.2) is 0 Å². The Balaban J connectivity index is 1.45. The summed E-state index contributed by atoms with van der Waals surface area (Å²) in [5.74, 6) is 0.288. The fourth-order valence-corrected chi connectivity index (χ4v) is 4.12. The van der Waals surface area contributed by atoms with E-state index in [2.05, 4.69) is 18.8 Å². The summed E-state index contributed by atoms with van der Waals surface area (Å²) < 4.78 is 0. The maximum absolute atomic E-state index is 13.0. The molecule has 4 nitrogen and oxygen atoms in total. The lowest BCUT2D eigenvalue weighted by Crippen LogP contribution is -2.39. The molecule has 0 aliphatic carbocycles. The number of aliphatic hydroxyl groups is 1. The van der Waals surface area contributed by atoms with Gasteiger partial charge in [-0.3, -0.25) is 4.79 Å². The predicted octanol–water partition coefficient (Wildman–Crippen LogP) is 4.37. The molecule has 27 heavy (non-hydrogen) atoms. The van der Waals surface area contributed by atoms with E-state index < -0.39 is 6.10 Å². The third-order valence-electron chi connectivity index (χ3n) is 5.97. The van der Waals surface area contributed by atoms with Gasteiger partial charge in [0, 0.05) is 35.2 Å². The van der Waals surface area contributed by atoms with Crippen LogP contribution in [0.1, 0.15) is 46.1 Å². The highest BCUT2D eigenvalue weighted by atomic mass is 16.3. The molecule has 4 rings (SSSR count). The van der Waals surface area contributed by atoms with Crippen LogP contribution in [0.25, 0.3) is 10.9 Å². The van der Waals surface area contributed by atoms with Crippen molar-refractivity contribution in [1.82, 2.24) is 9.88 Å². The number of hydrogen-bond donors (Lipinski definition) is 2. The number of nitrogens with one attached hydrogen (secondary N) is 1. The third-order valence-corrected chi connectivity index (χ3v) is 5.97. The number of benzene rings is 2. The Morgan fingerprint density at radius 2 is 1.81 bits per heavy atom. The van der Waals surface area contributed by atoms with Crippen molar-refractivity contribution in [2.45, 2.75) is 32.8 Å². The second-order valence-electron chi connectivity index (χ2n) is 7.62. The molecule has 1 amide bonds. The molecule has 1 atom stereocenters. The molecule has 0 bridgehead atoms. The van der Waals surface area contributed by atoms with Crippen molar-refractivity contribution in [2.75, 3.05) is 13.1 Å². The minimum Gasteiger partial charge on any atom is -0.388 e. The first-order chi connectivity index (χ1) is 13.0. The van der Waals surface area contributed by atoms with Crippen molar-refractivity contribution in [2.24, 2.45) is 5.92 Å². The van der Waals surface area contributed by atoms with Gasteiger partial charge in [0.25, 0.3) is 5.91 Å². The molecule has 2 heterocycles. The molecule has 1 saturated heterocycles. The van der Waals surface area contributed by atoms with Crippen LogP contribution >= 0.6 is 0 Å². The fraction of sp³-hybridized carbons (Fsp3) is 0.348. The number of amides is 1. The number of aromatic amines is 1. The zero-order valence-corrected chi connectivity index (χ0v) is 15.9. The Bertz CT molecular complexity index is 953. The van der Waals surface area contributed by atoms with E-state index in [-0.39, 0.29) is 11.8 Å². The molecular formula is C23H26N2O2. The molecular weight excluding hydrogens is 336 g/mol. The van der Waals surface area contributed by atoms with E-state index in [1.54, 1.807) is 0 Å². The number of carbonyl (C=O) groups is 1. The molecule has 2 N–H and O–H groups in total. The second kappa shape index (κ2) is 7.20. The van der Waals surface area contributed by atoms with Gasteiger partial charge in [0.1, 0.15) is 0 Å². The lowest BCUT2D eigenvalue weighted by atomic mass is 9.87. The Hall–Kier alpha value is -2.59. The van der Waals surface area contributed by atoms with Crippen LogP contribution in [0.15, 0.2) is 48.5 Å². The summed E-state index contributed by atoms with van der Waals surface area (Å²) in [4.78, 5) is 18.2. The zero-order valence-electron chi connectivity index (χ0n) is 15.9. The molecule has 1 fully saturated rings. The zero-order chi connectivity index (χ0) is 19.0. The van der Waals surface area contributed by atoms with Crippen molar-refractivity contribution < 1.29 is 9.90 Å². The molecule has 140 valence electrons. The second-order valence-corrected chi connectivity index (χ2v) is 7.62. The van der Waals surface area contributed by atoms with E-state index in [4.69, 9.17) is 0 Å². The number of aromatic nitrogens is 1. The van der Waals surface area contributed by atoms with E-state index in [1.807, 2.05) is 53.4 Å². The van der Waals surface area contributed by atoms with Crippen LogP contribution in [0.3, 0.4) is 0 Å². The van der Waals surface area contributed by atoms with Crippen molar-refractivity contribution >= 4 is 16.8 Å². The lowest BCUT2D eigenvalue weighted by molar-refractivity contribution is 0.0462. The van der Waals surface area contributed by atoms with Gasteiger partial charge in [0.15, 0.2) is 0 Å². The largest absolute Gasteiger partial charge is 0.388 e. The van der Waals surface area contributed by atoms with Crippen LogP contribution in [0.2, 0.25) is 0 Å². The van der Waals surface area contributed by atoms with Crippen LogP contribution in [-0.4, -0.2) is 34.0 Å². The monoisotopic (exact) mass is 362 g/mol. The molecule has 4 heteroatoms. The molecule has 3 aromatic rings. The smallest absolute Gasteiger partial charge is 0.253 e. The highest BCUT2D eigenvalue weighted by Crippen LogP contribution is 2.31. The first-order valence-electron chi connectivity index (χ1n) is 9.66. The Labute approximate surface area is 159 Å². The summed E-state index contributed by atoms with van der Waals surface area (Å²) >= 11 is 0. The predicted molar refractivity (Wildman–Crippen MR) is 108 cm³/mol. The van der Waals surface area contributed by atoms with Crippen molar-refractivity contribution in [3.63, 3.8) is 0 Å². The van der Waals surface area contributed by atoms with Gasteiger partial charge < -0.3 is 15.0 Å². The van der Waals surface area contributed by atoms with Gasteiger partial charge in [-0.05, 0) is 61.9 Å². The van der Waals surface area contributed by atoms with Gasteiger partial charge in [-0.2, -0.15) is 0 Å². The number of likely N-dealkylation sites (tertiary alicyclic amines) is 1. The molecule has 0 spiro atoms.